The SMILES string of the molecule is CCOc1cc(/C=C2\SC(=O)N(C(C)C)C2=O)cc(Br)c1OCc1ccccc1Cl. The molecule has 3 rings (SSSR count). The van der Waals surface area contributed by atoms with Crippen LogP contribution in [-0.4, -0.2) is 28.7 Å². The molecular formula is C22H21BrClNO4S. The summed E-state index contributed by atoms with van der Waals surface area (Å²) in [5.41, 5.74) is 1.59. The van der Waals surface area contributed by atoms with Crippen molar-refractivity contribution in [2.45, 2.75) is 33.4 Å². The fourth-order valence-electron chi connectivity index (χ4n) is 2.92. The molecule has 1 aliphatic rings. The Kier molecular flexibility index (Phi) is 7.50. The smallest absolute Gasteiger partial charge is 0.293 e. The lowest BCUT2D eigenvalue weighted by atomic mass is 10.1. The average molecular weight is 511 g/mol. The summed E-state index contributed by atoms with van der Waals surface area (Å²) in [6.07, 6.45) is 1.69. The Morgan fingerprint density at radius 1 is 1.20 bits per heavy atom. The standard InChI is InChI=1S/C22H21BrClNO4S/c1-4-28-18-10-14(11-19-21(26)25(13(2)3)22(27)30-19)9-16(23)20(18)29-12-15-7-5-6-8-17(15)24/h5-11,13H,4,12H2,1-3H3/b19-11-. The summed E-state index contributed by atoms with van der Waals surface area (Å²) in [7, 11) is 0. The molecule has 1 aliphatic heterocycles. The molecule has 1 fully saturated rings. The van der Waals surface area contributed by atoms with Crippen LogP contribution in [0.4, 0.5) is 4.79 Å². The molecule has 0 radical (unpaired) electrons. The lowest BCUT2D eigenvalue weighted by molar-refractivity contribution is -0.123. The van der Waals surface area contributed by atoms with Crippen LogP contribution in [0.2, 0.25) is 5.02 Å². The molecule has 158 valence electrons. The third-order valence-electron chi connectivity index (χ3n) is 4.30. The van der Waals surface area contributed by atoms with Crippen molar-refractivity contribution in [1.82, 2.24) is 4.90 Å². The minimum absolute atomic E-state index is 0.185. The van der Waals surface area contributed by atoms with Gasteiger partial charge in [-0.2, -0.15) is 0 Å². The van der Waals surface area contributed by atoms with Crippen LogP contribution in [0.3, 0.4) is 0 Å². The van der Waals surface area contributed by atoms with Crippen LogP contribution in [0, 0.1) is 0 Å². The number of nitrogens with zero attached hydrogens (tertiary/aromatic N) is 1. The third kappa shape index (κ3) is 5.02. The number of benzene rings is 2. The Balaban J connectivity index is 1.89. The number of carbonyl (C=O) groups excluding carboxylic acids is 2. The highest BCUT2D eigenvalue weighted by molar-refractivity contribution is 9.10. The molecule has 2 aromatic rings. The number of halogens is 2. The first kappa shape index (κ1) is 22.7. The number of thioether (sulfide) groups is 1. The molecule has 8 heteroatoms. The highest BCUT2D eigenvalue weighted by Crippen LogP contribution is 2.40. The largest absolute Gasteiger partial charge is 0.490 e. The first-order chi connectivity index (χ1) is 14.3. The summed E-state index contributed by atoms with van der Waals surface area (Å²) in [5.74, 6) is 0.797. The molecule has 0 unspecified atom stereocenters. The van der Waals surface area contributed by atoms with Crippen molar-refractivity contribution < 1.29 is 19.1 Å². The van der Waals surface area contributed by atoms with Gasteiger partial charge in [-0.25, -0.2) is 0 Å². The van der Waals surface area contributed by atoms with Gasteiger partial charge < -0.3 is 9.47 Å². The minimum atomic E-state index is -0.284. The average Bonchev–Trinajstić information content (AvgIpc) is 2.96. The zero-order valence-corrected chi connectivity index (χ0v) is 19.9. The lowest BCUT2D eigenvalue weighted by Crippen LogP contribution is -2.34. The van der Waals surface area contributed by atoms with Crippen LogP contribution in [0.15, 0.2) is 45.8 Å². The number of rotatable bonds is 7. The third-order valence-corrected chi connectivity index (χ3v) is 6.14. The van der Waals surface area contributed by atoms with E-state index in [0.717, 1.165) is 22.9 Å². The predicted octanol–water partition coefficient (Wildman–Crippen LogP) is 6.52. The zero-order chi connectivity index (χ0) is 21.8. The van der Waals surface area contributed by atoms with Gasteiger partial charge in [0, 0.05) is 16.6 Å². The second-order valence-electron chi connectivity index (χ2n) is 6.79. The van der Waals surface area contributed by atoms with Crippen LogP contribution in [0.25, 0.3) is 6.08 Å². The van der Waals surface area contributed by atoms with E-state index in [2.05, 4.69) is 15.9 Å². The first-order valence-electron chi connectivity index (χ1n) is 9.41. The van der Waals surface area contributed by atoms with Gasteiger partial charge in [0.15, 0.2) is 11.5 Å². The molecule has 30 heavy (non-hydrogen) atoms. The quantitative estimate of drug-likeness (QED) is 0.397. The van der Waals surface area contributed by atoms with Crippen molar-refractivity contribution in [2.75, 3.05) is 6.61 Å². The first-order valence-corrected chi connectivity index (χ1v) is 11.4. The van der Waals surface area contributed by atoms with E-state index < -0.39 is 0 Å². The van der Waals surface area contributed by atoms with Crippen molar-refractivity contribution in [2.24, 2.45) is 0 Å². The maximum atomic E-state index is 12.6. The topological polar surface area (TPSA) is 55.8 Å². The van der Waals surface area contributed by atoms with Crippen LogP contribution in [-0.2, 0) is 11.4 Å². The van der Waals surface area contributed by atoms with E-state index in [-0.39, 0.29) is 23.8 Å². The van der Waals surface area contributed by atoms with Crippen molar-refractivity contribution >= 4 is 56.5 Å². The monoisotopic (exact) mass is 509 g/mol. The molecule has 1 saturated heterocycles. The van der Waals surface area contributed by atoms with Crippen molar-refractivity contribution in [3.05, 3.63) is 61.9 Å². The number of hydrogen-bond acceptors (Lipinski definition) is 5. The van der Waals surface area contributed by atoms with Gasteiger partial charge in [-0.15, -0.1) is 0 Å². The van der Waals surface area contributed by atoms with Crippen molar-refractivity contribution in [3.8, 4) is 11.5 Å². The number of imide groups is 1. The fraction of sp³-hybridized carbons (Fsp3) is 0.273. The molecule has 2 aromatic carbocycles. The molecule has 0 aromatic heterocycles. The number of carbonyl (C=O) groups is 2. The molecule has 0 aliphatic carbocycles. The van der Waals surface area contributed by atoms with E-state index in [1.807, 2.05) is 51.1 Å². The zero-order valence-electron chi connectivity index (χ0n) is 16.8. The maximum absolute atomic E-state index is 12.6. The van der Waals surface area contributed by atoms with Gasteiger partial charge in [0.1, 0.15) is 6.61 Å². The molecule has 0 bridgehead atoms. The van der Waals surface area contributed by atoms with Gasteiger partial charge in [-0.3, -0.25) is 14.5 Å². The van der Waals surface area contributed by atoms with E-state index in [9.17, 15) is 9.59 Å². The molecular weight excluding hydrogens is 490 g/mol. The fourth-order valence-corrected chi connectivity index (χ4v) is 4.64. The summed E-state index contributed by atoms with van der Waals surface area (Å²) in [4.78, 5) is 26.3. The van der Waals surface area contributed by atoms with E-state index in [1.54, 1.807) is 12.1 Å². The van der Waals surface area contributed by atoms with E-state index in [4.69, 9.17) is 21.1 Å². The molecule has 1 heterocycles. The molecule has 5 nitrogen and oxygen atoms in total. The Labute approximate surface area is 193 Å². The van der Waals surface area contributed by atoms with Crippen LogP contribution >= 0.6 is 39.3 Å². The van der Waals surface area contributed by atoms with Gasteiger partial charge in [0.2, 0.25) is 0 Å². The van der Waals surface area contributed by atoms with Crippen LogP contribution in [0.5, 0.6) is 11.5 Å². The Bertz CT molecular complexity index is 1010. The van der Waals surface area contributed by atoms with Crippen molar-refractivity contribution in [1.29, 1.82) is 0 Å². The van der Waals surface area contributed by atoms with Crippen LogP contribution in [0.1, 0.15) is 31.9 Å². The Hall–Kier alpha value is -1.96. The molecule has 2 amide bonds. The molecule has 0 saturated carbocycles. The van der Waals surface area contributed by atoms with Gasteiger partial charge in [-0.1, -0.05) is 29.8 Å². The summed E-state index contributed by atoms with van der Waals surface area (Å²) in [5, 5.41) is 0.370. The predicted molar refractivity (Wildman–Crippen MR) is 124 cm³/mol. The second-order valence-corrected chi connectivity index (χ2v) is 9.04. The second kappa shape index (κ2) is 9.90. The summed E-state index contributed by atoms with van der Waals surface area (Å²) in [6, 6.07) is 10.9. The Morgan fingerprint density at radius 2 is 1.93 bits per heavy atom. The van der Waals surface area contributed by atoms with Gasteiger partial charge in [0.05, 0.1) is 16.0 Å². The maximum Gasteiger partial charge on any atom is 0.293 e. The number of ether oxygens (including phenoxy) is 2. The summed E-state index contributed by atoms with van der Waals surface area (Å²) >= 11 is 10.7. The van der Waals surface area contributed by atoms with Gasteiger partial charge in [-0.05, 0) is 78.3 Å². The van der Waals surface area contributed by atoms with Gasteiger partial charge >= 0.3 is 0 Å². The highest BCUT2D eigenvalue weighted by atomic mass is 79.9. The molecule has 0 N–H and O–H groups in total. The summed E-state index contributed by atoms with van der Waals surface area (Å²) in [6.45, 7) is 6.24. The molecule has 0 atom stereocenters. The van der Waals surface area contributed by atoms with Gasteiger partial charge in [0.25, 0.3) is 11.1 Å². The summed E-state index contributed by atoms with van der Waals surface area (Å²) < 4.78 is 12.4. The van der Waals surface area contributed by atoms with E-state index in [0.29, 0.717) is 32.5 Å². The number of hydrogen-bond donors (Lipinski definition) is 0. The van der Waals surface area contributed by atoms with E-state index in [1.165, 1.54) is 4.90 Å². The minimum Gasteiger partial charge on any atom is -0.490 e. The highest BCUT2D eigenvalue weighted by Gasteiger charge is 2.36. The van der Waals surface area contributed by atoms with Crippen molar-refractivity contribution in [3.63, 3.8) is 0 Å². The molecule has 0 spiro atoms. The van der Waals surface area contributed by atoms with Crippen LogP contribution < -0.4 is 9.47 Å². The Morgan fingerprint density at radius 3 is 2.57 bits per heavy atom. The lowest BCUT2D eigenvalue weighted by Gasteiger charge is -2.16. The number of amides is 2. The normalized spacial score (nSPS) is 15.4. The van der Waals surface area contributed by atoms with E-state index >= 15 is 0 Å².